The first kappa shape index (κ1) is 22.3. The molecular weight excluding hydrogens is 467 g/mol. The van der Waals surface area contributed by atoms with Crippen molar-refractivity contribution in [2.24, 2.45) is 0 Å². The summed E-state index contributed by atoms with van der Waals surface area (Å²) >= 11 is 13.5. The largest absolute Gasteiger partial charge is 0.489 e. The Morgan fingerprint density at radius 1 is 1.12 bits per heavy atom. The molecule has 6 nitrogen and oxygen atoms in total. The summed E-state index contributed by atoms with van der Waals surface area (Å²) in [6.07, 6.45) is 1.54. The van der Waals surface area contributed by atoms with Gasteiger partial charge in [-0.25, -0.2) is 9.67 Å². The highest BCUT2D eigenvalue weighted by Gasteiger charge is 2.13. The molecule has 1 amide bonds. The average Bonchev–Trinajstić information content (AvgIpc) is 3.40. The van der Waals surface area contributed by atoms with E-state index in [9.17, 15) is 4.79 Å². The minimum atomic E-state index is -0.269. The van der Waals surface area contributed by atoms with Gasteiger partial charge in [0.15, 0.2) is 0 Å². The summed E-state index contributed by atoms with van der Waals surface area (Å²) in [6, 6.07) is 13.1. The van der Waals surface area contributed by atoms with Crippen LogP contribution in [0, 0.1) is 13.8 Å². The van der Waals surface area contributed by atoms with Crippen molar-refractivity contribution < 1.29 is 9.53 Å². The van der Waals surface area contributed by atoms with Gasteiger partial charge in [0, 0.05) is 15.6 Å². The van der Waals surface area contributed by atoms with Gasteiger partial charge in [-0.2, -0.15) is 0 Å². The number of benzene rings is 2. The predicted octanol–water partition coefficient (Wildman–Crippen LogP) is 6.14. The van der Waals surface area contributed by atoms with Crippen molar-refractivity contribution in [2.75, 3.05) is 5.32 Å². The van der Waals surface area contributed by atoms with Crippen molar-refractivity contribution in [1.82, 2.24) is 14.8 Å². The van der Waals surface area contributed by atoms with Gasteiger partial charge in [0.1, 0.15) is 18.7 Å². The Kier molecular flexibility index (Phi) is 6.79. The van der Waals surface area contributed by atoms with Crippen molar-refractivity contribution in [1.29, 1.82) is 0 Å². The van der Waals surface area contributed by atoms with Gasteiger partial charge in [-0.3, -0.25) is 10.1 Å². The fourth-order valence-corrected chi connectivity index (χ4v) is 4.22. The van der Waals surface area contributed by atoms with Crippen LogP contribution in [0.25, 0.3) is 0 Å². The van der Waals surface area contributed by atoms with Crippen LogP contribution in [0.1, 0.15) is 31.9 Å². The quantitative estimate of drug-likeness (QED) is 0.340. The number of hydrogen-bond acceptors (Lipinski definition) is 5. The maximum Gasteiger partial charge on any atom is 0.268 e. The summed E-state index contributed by atoms with van der Waals surface area (Å²) in [6.45, 7) is 4.92. The van der Waals surface area contributed by atoms with Gasteiger partial charge in [0.25, 0.3) is 5.91 Å². The SMILES string of the molecule is Cc1ccc(OCc2csc(C(=O)Nc3ncn(Cc4ccc(Cl)cc4Cl)n3)c2)cc1C. The topological polar surface area (TPSA) is 69.0 Å². The molecule has 9 heteroatoms. The van der Waals surface area contributed by atoms with Crippen LogP contribution in [0.4, 0.5) is 5.95 Å². The lowest BCUT2D eigenvalue weighted by molar-refractivity contribution is 0.102. The molecule has 0 atom stereocenters. The molecular formula is C23H20Cl2N4O2S. The maximum atomic E-state index is 12.6. The Morgan fingerprint density at radius 2 is 1.97 bits per heavy atom. The number of aromatic nitrogens is 3. The smallest absolute Gasteiger partial charge is 0.268 e. The van der Waals surface area contributed by atoms with Crippen molar-refractivity contribution in [2.45, 2.75) is 27.0 Å². The highest BCUT2D eigenvalue weighted by molar-refractivity contribution is 7.12. The van der Waals surface area contributed by atoms with E-state index in [0.717, 1.165) is 16.9 Å². The number of halogens is 2. The first-order chi connectivity index (χ1) is 15.4. The highest BCUT2D eigenvalue weighted by Crippen LogP contribution is 2.23. The molecule has 0 saturated heterocycles. The summed E-state index contributed by atoms with van der Waals surface area (Å²) < 4.78 is 7.44. The van der Waals surface area contributed by atoms with Gasteiger partial charge in [0.2, 0.25) is 5.95 Å². The van der Waals surface area contributed by atoms with Crippen molar-refractivity contribution in [3.63, 3.8) is 0 Å². The Bertz CT molecular complexity index is 1270. The van der Waals surface area contributed by atoms with Crippen molar-refractivity contribution >= 4 is 46.4 Å². The van der Waals surface area contributed by atoms with E-state index in [1.807, 2.05) is 35.7 Å². The normalized spacial score (nSPS) is 10.9. The van der Waals surface area contributed by atoms with Crippen LogP contribution < -0.4 is 10.1 Å². The van der Waals surface area contributed by atoms with Crippen LogP contribution in [-0.4, -0.2) is 20.7 Å². The third-order valence-electron chi connectivity index (χ3n) is 4.87. The molecule has 1 N–H and O–H groups in total. The molecule has 0 unspecified atom stereocenters. The number of carbonyl (C=O) groups is 1. The molecule has 164 valence electrons. The van der Waals surface area contributed by atoms with E-state index >= 15 is 0 Å². The Balaban J connectivity index is 1.34. The number of amides is 1. The lowest BCUT2D eigenvalue weighted by Gasteiger charge is -2.07. The Hall–Kier alpha value is -2.87. The second-order valence-electron chi connectivity index (χ2n) is 7.31. The predicted molar refractivity (Wildman–Crippen MR) is 128 cm³/mol. The summed E-state index contributed by atoms with van der Waals surface area (Å²) in [5, 5.41) is 10.0. The second kappa shape index (κ2) is 9.73. The number of nitrogens with zero attached hydrogens (tertiary/aromatic N) is 3. The lowest BCUT2D eigenvalue weighted by Crippen LogP contribution is -2.12. The molecule has 0 fully saturated rings. The number of carbonyl (C=O) groups excluding carboxylic acids is 1. The first-order valence-electron chi connectivity index (χ1n) is 9.79. The van der Waals surface area contributed by atoms with E-state index < -0.39 is 0 Å². The van der Waals surface area contributed by atoms with E-state index in [0.29, 0.717) is 28.1 Å². The molecule has 2 aromatic carbocycles. The maximum absolute atomic E-state index is 12.6. The fourth-order valence-electron chi connectivity index (χ4n) is 2.96. The molecule has 0 bridgehead atoms. The Morgan fingerprint density at radius 3 is 2.75 bits per heavy atom. The third kappa shape index (κ3) is 5.48. The van der Waals surface area contributed by atoms with E-state index in [2.05, 4.69) is 29.2 Å². The van der Waals surface area contributed by atoms with E-state index in [1.165, 1.54) is 28.8 Å². The van der Waals surface area contributed by atoms with Crippen LogP contribution in [0.5, 0.6) is 5.75 Å². The number of aryl methyl sites for hydroxylation is 2. The molecule has 2 heterocycles. The van der Waals surface area contributed by atoms with Gasteiger partial charge in [-0.1, -0.05) is 35.3 Å². The molecule has 32 heavy (non-hydrogen) atoms. The molecule has 0 aliphatic rings. The van der Waals surface area contributed by atoms with Crippen molar-refractivity contribution in [3.05, 3.63) is 91.3 Å². The lowest BCUT2D eigenvalue weighted by atomic mass is 10.1. The van der Waals surface area contributed by atoms with Gasteiger partial charge in [0.05, 0.1) is 11.4 Å². The fraction of sp³-hybridized carbons (Fsp3) is 0.174. The standard InChI is InChI=1S/C23H20Cl2N4O2S/c1-14-3-6-19(7-15(14)2)31-11-16-8-21(32-12-16)22(30)27-23-26-13-29(28-23)10-17-4-5-18(24)9-20(17)25/h3-9,12-13H,10-11H2,1-2H3,(H,27,28,30). The molecule has 0 spiro atoms. The molecule has 0 aliphatic heterocycles. The second-order valence-corrected chi connectivity index (χ2v) is 9.06. The van der Waals surface area contributed by atoms with E-state index in [4.69, 9.17) is 27.9 Å². The van der Waals surface area contributed by atoms with Crippen LogP contribution in [0.15, 0.2) is 54.2 Å². The third-order valence-corrected chi connectivity index (χ3v) is 6.44. The van der Waals surface area contributed by atoms with Crippen LogP contribution in [-0.2, 0) is 13.2 Å². The van der Waals surface area contributed by atoms with Crippen LogP contribution in [0.2, 0.25) is 10.0 Å². The first-order valence-corrected chi connectivity index (χ1v) is 11.4. The molecule has 0 saturated carbocycles. The zero-order valence-electron chi connectivity index (χ0n) is 17.4. The van der Waals surface area contributed by atoms with E-state index in [1.54, 1.807) is 16.8 Å². The number of thiophene rings is 1. The number of nitrogens with one attached hydrogen (secondary N) is 1. The molecule has 4 rings (SSSR count). The summed E-state index contributed by atoms with van der Waals surface area (Å²) in [5.41, 5.74) is 4.18. The molecule has 0 aliphatic carbocycles. The van der Waals surface area contributed by atoms with Crippen LogP contribution in [0.3, 0.4) is 0 Å². The number of anilines is 1. The summed E-state index contributed by atoms with van der Waals surface area (Å²) in [7, 11) is 0. The van der Waals surface area contributed by atoms with E-state index in [-0.39, 0.29) is 11.9 Å². The van der Waals surface area contributed by atoms with Gasteiger partial charge in [-0.15, -0.1) is 16.4 Å². The zero-order valence-corrected chi connectivity index (χ0v) is 19.8. The molecule has 2 aromatic heterocycles. The minimum Gasteiger partial charge on any atom is -0.489 e. The molecule has 4 aromatic rings. The highest BCUT2D eigenvalue weighted by atomic mass is 35.5. The number of ether oxygens (including phenoxy) is 1. The number of rotatable bonds is 7. The van der Waals surface area contributed by atoms with Gasteiger partial charge < -0.3 is 4.74 Å². The monoisotopic (exact) mass is 486 g/mol. The summed E-state index contributed by atoms with van der Waals surface area (Å²) in [4.78, 5) is 17.3. The van der Waals surface area contributed by atoms with Crippen molar-refractivity contribution in [3.8, 4) is 5.75 Å². The number of hydrogen-bond donors (Lipinski definition) is 1. The van der Waals surface area contributed by atoms with Crippen LogP contribution >= 0.6 is 34.5 Å². The zero-order chi connectivity index (χ0) is 22.7. The van der Waals surface area contributed by atoms with Gasteiger partial charge >= 0.3 is 0 Å². The molecule has 0 radical (unpaired) electrons. The van der Waals surface area contributed by atoms with Gasteiger partial charge in [-0.05, 0) is 66.2 Å². The Labute approximate surface area is 199 Å². The minimum absolute atomic E-state index is 0.224. The average molecular weight is 487 g/mol. The summed E-state index contributed by atoms with van der Waals surface area (Å²) in [5.74, 6) is 0.761.